The number of hydrogen-bond donors (Lipinski definition) is 2. The number of rotatable bonds is 8. The van der Waals surface area contributed by atoms with E-state index in [0.717, 1.165) is 15.4 Å². The Balaban J connectivity index is 2.31. The molecule has 0 saturated carbocycles. The predicted octanol–water partition coefficient (Wildman–Crippen LogP) is 2.99. The number of aliphatic carboxylic acids is 1. The van der Waals surface area contributed by atoms with Crippen molar-refractivity contribution in [2.75, 3.05) is 13.6 Å². The van der Waals surface area contributed by atoms with E-state index in [4.69, 9.17) is 5.73 Å². The molecule has 0 aliphatic rings. The number of hydrogen-bond acceptors (Lipinski definition) is 4. The molecule has 160 valence electrons. The van der Waals surface area contributed by atoms with E-state index in [2.05, 4.69) is 11.8 Å². The number of likely N-dealkylation sites (N-methyl/N-ethyl adjacent to an activating group) is 1. The molecule has 0 radical (unpaired) electrons. The van der Waals surface area contributed by atoms with Crippen LogP contribution in [0.2, 0.25) is 0 Å². The number of aryl methyl sites for hydroxylation is 1. The van der Waals surface area contributed by atoms with E-state index in [0.29, 0.717) is 12.0 Å². The van der Waals surface area contributed by atoms with Gasteiger partial charge >= 0.3 is 5.97 Å². The Labute approximate surface area is 178 Å². The molecule has 2 aromatic rings. The van der Waals surface area contributed by atoms with Crippen LogP contribution in [0.25, 0.3) is 0 Å². The van der Waals surface area contributed by atoms with Crippen molar-refractivity contribution >= 4 is 16.0 Å². The summed E-state index contributed by atoms with van der Waals surface area (Å²) in [6.45, 7) is 3.96. The van der Waals surface area contributed by atoms with Gasteiger partial charge in [-0.25, -0.2) is 8.42 Å². The third-order valence-corrected chi connectivity index (χ3v) is 7.23. The van der Waals surface area contributed by atoms with Crippen LogP contribution in [0.1, 0.15) is 42.9 Å². The fraction of sp³-hybridized carbons (Fsp3) is 0.348. The first kappa shape index (κ1) is 23.6. The molecular formula is C23H28N2O4S. The average molecular weight is 429 g/mol. The van der Waals surface area contributed by atoms with Gasteiger partial charge in [0.2, 0.25) is 10.0 Å². The van der Waals surface area contributed by atoms with Gasteiger partial charge in [-0.3, -0.25) is 4.79 Å². The maximum absolute atomic E-state index is 13.1. The second-order valence-corrected chi connectivity index (χ2v) is 9.16. The van der Waals surface area contributed by atoms with E-state index >= 15 is 0 Å². The van der Waals surface area contributed by atoms with E-state index in [9.17, 15) is 18.3 Å². The lowest BCUT2D eigenvalue weighted by molar-refractivity contribution is -0.148. The van der Waals surface area contributed by atoms with Gasteiger partial charge in [0.1, 0.15) is 5.54 Å². The number of carboxylic acid groups (broad SMARTS) is 1. The molecule has 3 N–H and O–H groups in total. The Morgan fingerprint density at radius 1 is 1.07 bits per heavy atom. The summed E-state index contributed by atoms with van der Waals surface area (Å²) in [4.78, 5) is 12.0. The van der Waals surface area contributed by atoms with E-state index in [1.54, 1.807) is 19.1 Å². The highest BCUT2D eigenvalue weighted by molar-refractivity contribution is 7.89. The second-order valence-electron chi connectivity index (χ2n) is 7.20. The summed E-state index contributed by atoms with van der Waals surface area (Å²) in [6.07, 6.45) is 0.691. The quantitative estimate of drug-likeness (QED) is 0.630. The van der Waals surface area contributed by atoms with E-state index in [1.807, 2.05) is 31.2 Å². The Kier molecular flexibility index (Phi) is 7.79. The van der Waals surface area contributed by atoms with Crippen LogP contribution in [0.3, 0.4) is 0 Å². The minimum Gasteiger partial charge on any atom is -0.480 e. The minimum atomic E-state index is -4.01. The first-order chi connectivity index (χ1) is 14.2. The van der Waals surface area contributed by atoms with Crippen molar-refractivity contribution in [1.82, 2.24) is 4.31 Å². The fourth-order valence-corrected chi connectivity index (χ4v) is 4.78. The van der Waals surface area contributed by atoms with Crippen LogP contribution in [0.15, 0.2) is 53.4 Å². The molecule has 0 fully saturated rings. The molecular weight excluding hydrogens is 400 g/mol. The van der Waals surface area contributed by atoms with Crippen molar-refractivity contribution < 1.29 is 18.3 Å². The van der Waals surface area contributed by atoms with Gasteiger partial charge in [-0.1, -0.05) is 36.5 Å². The zero-order chi connectivity index (χ0) is 22.4. The lowest BCUT2D eigenvalue weighted by Gasteiger charge is -2.36. The molecule has 0 unspecified atom stereocenters. The molecule has 1 atom stereocenters. The van der Waals surface area contributed by atoms with Gasteiger partial charge in [0.05, 0.1) is 4.90 Å². The van der Waals surface area contributed by atoms with Gasteiger partial charge in [0.25, 0.3) is 0 Å². The van der Waals surface area contributed by atoms with Gasteiger partial charge in [0, 0.05) is 18.2 Å². The molecule has 2 rings (SSSR count). The largest absolute Gasteiger partial charge is 0.480 e. The Morgan fingerprint density at radius 2 is 1.57 bits per heavy atom. The number of benzene rings is 2. The number of nitrogens with two attached hydrogens (primary N) is 1. The zero-order valence-corrected chi connectivity index (χ0v) is 18.4. The summed E-state index contributed by atoms with van der Waals surface area (Å²) >= 11 is 0. The molecule has 0 heterocycles. The molecule has 2 aromatic carbocycles. The van der Waals surface area contributed by atoms with Crippen molar-refractivity contribution in [1.29, 1.82) is 0 Å². The molecule has 0 aromatic heterocycles. The van der Waals surface area contributed by atoms with Crippen LogP contribution < -0.4 is 5.73 Å². The first-order valence-corrected chi connectivity index (χ1v) is 11.2. The van der Waals surface area contributed by atoms with Crippen molar-refractivity contribution in [3.63, 3.8) is 0 Å². The molecule has 0 aliphatic carbocycles. The van der Waals surface area contributed by atoms with Crippen LogP contribution in [0, 0.1) is 18.8 Å². The Bertz CT molecular complexity index is 1040. The van der Waals surface area contributed by atoms with Gasteiger partial charge < -0.3 is 10.8 Å². The normalized spacial score (nSPS) is 13.4. The topological polar surface area (TPSA) is 101 Å². The molecule has 7 heteroatoms. The molecule has 0 aliphatic heterocycles. The number of carboxylic acids is 1. The van der Waals surface area contributed by atoms with Crippen molar-refractivity contribution in [3.05, 3.63) is 65.2 Å². The van der Waals surface area contributed by atoms with E-state index in [-0.39, 0.29) is 24.3 Å². The average Bonchev–Trinajstić information content (AvgIpc) is 2.74. The lowest BCUT2D eigenvalue weighted by atomic mass is 9.90. The molecule has 0 saturated heterocycles. The Morgan fingerprint density at radius 3 is 2.00 bits per heavy atom. The second kappa shape index (κ2) is 9.90. The zero-order valence-electron chi connectivity index (χ0n) is 17.6. The Hall–Kier alpha value is -2.66. The monoisotopic (exact) mass is 428 g/mol. The van der Waals surface area contributed by atoms with Crippen molar-refractivity contribution in [3.8, 4) is 11.8 Å². The summed E-state index contributed by atoms with van der Waals surface area (Å²) in [6, 6.07) is 13.9. The summed E-state index contributed by atoms with van der Waals surface area (Å²) in [7, 11) is -2.70. The minimum absolute atomic E-state index is 0.0257. The highest BCUT2D eigenvalue weighted by atomic mass is 32.2. The SMILES string of the molecule is CC[C@](CCCN)(C(=O)O)N(C)S(=O)(=O)c1ccc(C#Cc2ccc(C)cc2)cc1. The highest BCUT2D eigenvalue weighted by Gasteiger charge is 2.46. The summed E-state index contributed by atoms with van der Waals surface area (Å²) in [5.74, 6) is 4.87. The van der Waals surface area contributed by atoms with Crippen LogP contribution in [-0.4, -0.2) is 42.9 Å². The summed E-state index contributed by atoms with van der Waals surface area (Å²) < 4.78 is 27.2. The maximum atomic E-state index is 13.1. The van der Waals surface area contributed by atoms with E-state index < -0.39 is 21.5 Å². The third kappa shape index (κ3) is 5.08. The van der Waals surface area contributed by atoms with Crippen molar-refractivity contribution in [2.45, 2.75) is 43.5 Å². The van der Waals surface area contributed by atoms with Crippen LogP contribution in [0.4, 0.5) is 0 Å². The van der Waals surface area contributed by atoms with Crippen LogP contribution in [-0.2, 0) is 14.8 Å². The highest BCUT2D eigenvalue weighted by Crippen LogP contribution is 2.30. The van der Waals surface area contributed by atoms with Gasteiger partial charge in [-0.05, 0) is 69.1 Å². The van der Waals surface area contributed by atoms with Gasteiger partial charge in [0.15, 0.2) is 0 Å². The molecule has 30 heavy (non-hydrogen) atoms. The molecule has 0 bridgehead atoms. The lowest BCUT2D eigenvalue weighted by Crippen LogP contribution is -2.55. The molecule has 0 spiro atoms. The van der Waals surface area contributed by atoms with E-state index in [1.165, 1.54) is 19.2 Å². The van der Waals surface area contributed by atoms with Gasteiger partial charge in [-0.15, -0.1) is 0 Å². The predicted molar refractivity (Wildman–Crippen MR) is 117 cm³/mol. The third-order valence-electron chi connectivity index (χ3n) is 5.30. The number of nitrogens with zero attached hydrogens (tertiary/aromatic N) is 1. The first-order valence-electron chi connectivity index (χ1n) is 9.78. The standard InChI is InChI=1S/C23H28N2O4S/c1-4-23(22(26)27,16-5-17-24)25(3)30(28,29)21-14-12-20(13-15-21)11-10-19-8-6-18(2)7-9-19/h6-9,12-15H,4-5,16-17,24H2,1-3H3,(H,26,27)/t23-/m0/s1. The summed E-state index contributed by atoms with van der Waals surface area (Å²) in [5.41, 5.74) is 6.67. The summed E-state index contributed by atoms with van der Waals surface area (Å²) in [5, 5.41) is 9.81. The van der Waals surface area contributed by atoms with Crippen LogP contribution >= 0.6 is 0 Å². The van der Waals surface area contributed by atoms with Crippen molar-refractivity contribution in [2.24, 2.45) is 5.73 Å². The number of carbonyl (C=O) groups is 1. The maximum Gasteiger partial charge on any atom is 0.325 e. The fourth-order valence-electron chi connectivity index (χ4n) is 3.22. The van der Waals surface area contributed by atoms with Gasteiger partial charge in [-0.2, -0.15) is 4.31 Å². The smallest absolute Gasteiger partial charge is 0.325 e. The van der Waals surface area contributed by atoms with Crippen LogP contribution in [0.5, 0.6) is 0 Å². The number of sulfonamides is 1. The molecule has 0 amide bonds. The molecule has 6 nitrogen and oxygen atoms in total.